The lowest BCUT2D eigenvalue weighted by atomic mass is 10.2. The molecule has 11 heavy (non-hydrogen) atoms. The summed E-state index contributed by atoms with van der Waals surface area (Å²) in [4.78, 5) is 14.1. The maximum Gasteiger partial charge on any atom is 0.151 e. The Labute approximate surface area is 69.5 Å². The molecule has 0 amide bonds. The van der Waals surface area contributed by atoms with Crippen LogP contribution in [0.25, 0.3) is 6.08 Å². The standard InChI is InChI=1S/C8H6ClNO/c1-2-7-3-6(5-11)4-10-8(7)9/h2-5H,1H2. The largest absolute Gasteiger partial charge is 0.298 e. The Morgan fingerprint density at radius 2 is 2.36 bits per heavy atom. The highest BCUT2D eigenvalue weighted by molar-refractivity contribution is 6.30. The number of hydrogen-bond acceptors (Lipinski definition) is 2. The van der Waals surface area contributed by atoms with E-state index in [9.17, 15) is 4.79 Å². The molecule has 3 heteroatoms. The third kappa shape index (κ3) is 1.65. The summed E-state index contributed by atoms with van der Waals surface area (Å²) in [6.45, 7) is 3.53. The molecule has 0 fully saturated rings. The Balaban J connectivity index is 3.22. The van der Waals surface area contributed by atoms with Gasteiger partial charge >= 0.3 is 0 Å². The van der Waals surface area contributed by atoms with Crippen LogP contribution >= 0.6 is 11.6 Å². The highest BCUT2D eigenvalue weighted by atomic mass is 35.5. The smallest absolute Gasteiger partial charge is 0.151 e. The van der Waals surface area contributed by atoms with Crippen molar-refractivity contribution < 1.29 is 4.79 Å². The first-order valence-corrected chi connectivity index (χ1v) is 3.39. The highest BCUT2D eigenvalue weighted by Gasteiger charge is 1.97. The Kier molecular flexibility index (Phi) is 2.39. The Hall–Kier alpha value is -1.15. The molecule has 0 radical (unpaired) electrons. The fraction of sp³-hybridized carbons (Fsp3) is 0. The Morgan fingerprint density at radius 3 is 2.91 bits per heavy atom. The molecule has 0 aromatic carbocycles. The van der Waals surface area contributed by atoms with Gasteiger partial charge < -0.3 is 0 Å². The van der Waals surface area contributed by atoms with E-state index in [0.717, 1.165) is 6.29 Å². The Morgan fingerprint density at radius 1 is 1.64 bits per heavy atom. The normalized spacial score (nSPS) is 9.18. The van der Waals surface area contributed by atoms with Crippen molar-refractivity contribution in [3.05, 3.63) is 35.1 Å². The average molecular weight is 168 g/mol. The van der Waals surface area contributed by atoms with Crippen molar-refractivity contribution in [2.75, 3.05) is 0 Å². The van der Waals surface area contributed by atoms with Gasteiger partial charge in [-0.2, -0.15) is 0 Å². The summed E-state index contributed by atoms with van der Waals surface area (Å²) >= 11 is 5.66. The molecule has 0 bridgehead atoms. The quantitative estimate of drug-likeness (QED) is 0.499. The van der Waals surface area contributed by atoms with Gasteiger partial charge in [0, 0.05) is 17.3 Å². The van der Waals surface area contributed by atoms with Crippen molar-refractivity contribution in [1.29, 1.82) is 0 Å². The van der Waals surface area contributed by atoms with Crippen molar-refractivity contribution in [2.45, 2.75) is 0 Å². The van der Waals surface area contributed by atoms with Gasteiger partial charge in [0.25, 0.3) is 0 Å². The van der Waals surface area contributed by atoms with Gasteiger partial charge in [0.15, 0.2) is 6.29 Å². The zero-order valence-corrected chi connectivity index (χ0v) is 6.51. The van der Waals surface area contributed by atoms with Gasteiger partial charge in [-0.05, 0) is 6.07 Å². The molecule has 1 aromatic rings. The van der Waals surface area contributed by atoms with Crippen LogP contribution in [0.2, 0.25) is 5.15 Å². The second-order valence-corrected chi connectivity index (χ2v) is 2.33. The lowest BCUT2D eigenvalue weighted by Gasteiger charge is -1.95. The van der Waals surface area contributed by atoms with Gasteiger partial charge in [-0.15, -0.1) is 0 Å². The molecule has 1 aromatic heterocycles. The van der Waals surface area contributed by atoms with Crippen LogP contribution in [0.15, 0.2) is 18.8 Å². The van der Waals surface area contributed by atoms with E-state index in [1.54, 1.807) is 12.1 Å². The van der Waals surface area contributed by atoms with Crippen molar-refractivity contribution in [2.24, 2.45) is 0 Å². The summed E-state index contributed by atoms with van der Waals surface area (Å²) < 4.78 is 0. The van der Waals surface area contributed by atoms with E-state index in [2.05, 4.69) is 11.6 Å². The number of rotatable bonds is 2. The molecule has 0 aliphatic rings. The number of aromatic nitrogens is 1. The number of aldehydes is 1. The molecule has 1 heterocycles. The monoisotopic (exact) mass is 167 g/mol. The fourth-order valence-corrected chi connectivity index (χ4v) is 0.870. The van der Waals surface area contributed by atoms with E-state index in [4.69, 9.17) is 11.6 Å². The van der Waals surface area contributed by atoms with E-state index >= 15 is 0 Å². The molecule has 0 atom stereocenters. The predicted molar refractivity (Wildman–Crippen MR) is 44.7 cm³/mol. The van der Waals surface area contributed by atoms with Gasteiger partial charge in [-0.1, -0.05) is 24.3 Å². The second kappa shape index (κ2) is 3.30. The second-order valence-electron chi connectivity index (χ2n) is 1.97. The number of carbonyl (C=O) groups is 1. The molecule has 0 saturated heterocycles. The van der Waals surface area contributed by atoms with Crippen molar-refractivity contribution in [1.82, 2.24) is 4.98 Å². The third-order valence-corrected chi connectivity index (χ3v) is 1.56. The van der Waals surface area contributed by atoms with Gasteiger partial charge in [-0.3, -0.25) is 4.79 Å². The molecular weight excluding hydrogens is 162 g/mol. The molecule has 0 aliphatic heterocycles. The van der Waals surface area contributed by atoms with E-state index in [1.165, 1.54) is 6.20 Å². The Bertz CT molecular complexity index is 296. The third-order valence-electron chi connectivity index (χ3n) is 1.24. The van der Waals surface area contributed by atoms with Crippen LogP contribution in [0.1, 0.15) is 15.9 Å². The first kappa shape index (κ1) is 7.95. The van der Waals surface area contributed by atoms with Crippen LogP contribution in [-0.4, -0.2) is 11.3 Å². The molecule has 1 rings (SSSR count). The summed E-state index contributed by atoms with van der Waals surface area (Å²) in [5.41, 5.74) is 1.18. The maximum atomic E-state index is 10.3. The number of nitrogens with zero attached hydrogens (tertiary/aromatic N) is 1. The highest BCUT2D eigenvalue weighted by Crippen LogP contribution is 2.13. The van der Waals surface area contributed by atoms with Gasteiger partial charge in [0.2, 0.25) is 0 Å². The summed E-state index contributed by atoms with van der Waals surface area (Å²) in [5, 5.41) is 0.366. The van der Waals surface area contributed by atoms with E-state index in [-0.39, 0.29) is 0 Å². The first-order valence-electron chi connectivity index (χ1n) is 3.01. The minimum absolute atomic E-state index is 0.366. The van der Waals surface area contributed by atoms with Crippen LogP contribution in [0.4, 0.5) is 0 Å². The zero-order chi connectivity index (χ0) is 8.27. The lowest BCUT2D eigenvalue weighted by molar-refractivity contribution is 0.112. The topological polar surface area (TPSA) is 30.0 Å². The summed E-state index contributed by atoms with van der Waals surface area (Å²) in [6, 6.07) is 1.63. The molecule has 0 saturated carbocycles. The van der Waals surface area contributed by atoms with Crippen LogP contribution in [-0.2, 0) is 0 Å². The predicted octanol–water partition coefficient (Wildman–Crippen LogP) is 2.19. The fourth-order valence-electron chi connectivity index (χ4n) is 0.690. The van der Waals surface area contributed by atoms with Gasteiger partial charge in [0.05, 0.1) is 0 Å². The molecule has 0 spiro atoms. The van der Waals surface area contributed by atoms with Crippen LogP contribution < -0.4 is 0 Å². The summed E-state index contributed by atoms with van der Waals surface area (Å²) in [6.07, 6.45) is 3.70. The van der Waals surface area contributed by atoms with Crippen molar-refractivity contribution in [3.63, 3.8) is 0 Å². The average Bonchev–Trinajstić information content (AvgIpc) is 2.05. The molecule has 0 unspecified atom stereocenters. The summed E-state index contributed by atoms with van der Waals surface area (Å²) in [7, 11) is 0. The molecular formula is C8H6ClNO. The van der Waals surface area contributed by atoms with Crippen LogP contribution in [0.5, 0.6) is 0 Å². The number of pyridine rings is 1. The van der Waals surface area contributed by atoms with Gasteiger partial charge in [0.1, 0.15) is 5.15 Å². The maximum absolute atomic E-state index is 10.3. The van der Waals surface area contributed by atoms with E-state index < -0.39 is 0 Å². The minimum Gasteiger partial charge on any atom is -0.298 e. The van der Waals surface area contributed by atoms with Crippen LogP contribution in [0, 0.1) is 0 Å². The number of hydrogen-bond donors (Lipinski definition) is 0. The van der Waals surface area contributed by atoms with E-state index in [0.29, 0.717) is 16.3 Å². The van der Waals surface area contributed by atoms with Crippen molar-refractivity contribution in [3.8, 4) is 0 Å². The number of carbonyl (C=O) groups excluding carboxylic acids is 1. The SMILES string of the molecule is C=Cc1cc(C=O)cnc1Cl. The molecule has 0 N–H and O–H groups in total. The van der Waals surface area contributed by atoms with Gasteiger partial charge in [-0.25, -0.2) is 4.98 Å². The molecule has 0 aliphatic carbocycles. The first-order chi connectivity index (χ1) is 5.27. The minimum atomic E-state index is 0.366. The lowest BCUT2D eigenvalue weighted by Crippen LogP contribution is -1.85. The van der Waals surface area contributed by atoms with E-state index in [1.807, 2.05) is 0 Å². The van der Waals surface area contributed by atoms with Crippen LogP contribution in [0.3, 0.4) is 0 Å². The van der Waals surface area contributed by atoms with Crippen molar-refractivity contribution >= 4 is 24.0 Å². The zero-order valence-electron chi connectivity index (χ0n) is 5.75. The summed E-state index contributed by atoms with van der Waals surface area (Å²) in [5.74, 6) is 0. The molecule has 56 valence electrons. The number of halogens is 1. The molecule has 2 nitrogen and oxygen atoms in total.